The van der Waals surface area contributed by atoms with Gasteiger partial charge in [0.1, 0.15) is 5.75 Å². The number of hydrogen-bond acceptors (Lipinski definition) is 3. The number of aryl methyl sites for hydroxylation is 1. The highest BCUT2D eigenvalue weighted by Gasteiger charge is 2.23. The molecule has 2 aromatic carbocycles. The predicted octanol–water partition coefficient (Wildman–Crippen LogP) is 4.45. The second-order valence-electron chi connectivity index (χ2n) is 7.99. The van der Waals surface area contributed by atoms with Crippen LogP contribution in [0.5, 0.6) is 5.75 Å². The van der Waals surface area contributed by atoms with Gasteiger partial charge in [0.05, 0.1) is 6.04 Å². The van der Waals surface area contributed by atoms with Crippen molar-refractivity contribution in [3.8, 4) is 5.75 Å². The van der Waals surface area contributed by atoms with Crippen molar-refractivity contribution in [3.05, 3.63) is 65.2 Å². The highest BCUT2D eigenvalue weighted by molar-refractivity contribution is 5.77. The summed E-state index contributed by atoms with van der Waals surface area (Å²) >= 11 is 0. The van der Waals surface area contributed by atoms with E-state index in [9.17, 15) is 4.79 Å². The van der Waals surface area contributed by atoms with Crippen molar-refractivity contribution >= 4 is 5.91 Å². The van der Waals surface area contributed by atoms with E-state index in [2.05, 4.69) is 67.4 Å². The third kappa shape index (κ3) is 5.59. The molecule has 1 amide bonds. The lowest BCUT2D eigenvalue weighted by atomic mass is 10.0. The normalized spacial score (nSPS) is 15.6. The summed E-state index contributed by atoms with van der Waals surface area (Å²) in [6, 6.07) is 16.8. The smallest absolute Gasteiger partial charge is 0.258 e. The highest BCUT2D eigenvalue weighted by Crippen LogP contribution is 2.25. The number of hydrogen-bond donors (Lipinski definition) is 1. The summed E-state index contributed by atoms with van der Waals surface area (Å²) in [5, 5.41) is 3.07. The van der Waals surface area contributed by atoms with Crippen LogP contribution in [0, 0.1) is 6.92 Å². The summed E-state index contributed by atoms with van der Waals surface area (Å²) in [7, 11) is 0. The largest absolute Gasteiger partial charge is 0.484 e. The number of carbonyl (C=O) groups excluding carboxylic acids is 1. The molecule has 0 radical (unpaired) electrons. The molecule has 1 saturated heterocycles. The number of carbonyl (C=O) groups is 1. The minimum absolute atomic E-state index is 0.0433. The molecular weight excluding hydrogens is 348 g/mol. The summed E-state index contributed by atoms with van der Waals surface area (Å²) in [5.74, 6) is 1.14. The van der Waals surface area contributed by atoms with Crippen LogP contribution in [0.15, 0.2) is 48.5 Å². The maximum absolute atomic E-state index is 12.3. The van der Waals surface area contributed by atoms with E-state index in [0.29, 0.717) is 12.5 Å². The molecule has 28 heavy (non-hydrogen) atoms. The van der Waals surface area contributed by atoms with Gasteiger partial charge in [0, 0.05) is 6.54 Å². The van der Waals surface area contributed by atoms with Gasteiger partial charge in [-0.25, -0.2) is 0 Å². The Hall–Kier alpha value is -2.33. The molecule has 0 aromatic heterocycles. The van der Waals surface area contributed by atoms with Crippen LogP contribution in [0.25, 0.3) is 0 Å². The molecule has 150 valence electrons. The molecule has 1 aliphatic heterocycles. The monoisotopic (exact) mass is 380 g/mol. The molecule has 4 heteroatoms. The van der Waals surface area contributed by atoms with Crippen LogP contribution in [0.3, 0.4) is 0 Å². The minimum Gasteiger partial charge on any atom is -0.484 e. The number of nitrogens with one attached hydrogen (secondary N) is 1. The summed E-state index contributed by atoms with van der Waals surface area (Å²) in [6.07, 6.45) is 2.46. The molecule has 2 aromatic rings. The summed E-state index contributed by atoms with van der Waals surface area (Å²) < 4.78 is 5.66. The maximum Gasteiger partial charge on any atom is 0.258 e. The Morgan fingerprint density at radius 3 is 2.21 bits per heavy atom. The number of ether oxygens (including phenoxy) is 1. The van der Waals surface area contributed by atoms with Gasteiger partial charge >= 0.3 is 0 Å². The average molecular weight is 381 g/mol. The number of amides is 1. The van der Waals surface area contributed by atoms with E-state index >= 15 is 0 Å². The van der Waals surface area contributed by atoms with Crippen molar-refractivity contribution in [1.29, 1.82) is 0 Å². The Kier molecular flexibility index (Phi) is 7.10. The van der Waals surface area contributed by atoms with Gasteiger partial charge in [-0.15, -0.1) is 0 Å². The number of nitrogens with zero attached hydrogens (tertiary/aromatic N) is 1. The first-order chi connectivity index (χ1) is 13.5. The van der Waals surface area contributed by atoms with Crippen molar-refractivity contribution in [2.24, 2.45) is 0 Å². The maximum atomic E-state index is 12.3. The van der Waals surface area contributed by atoms with Gasteiger partial charge in [0.25, 0.3) is 5.91 Å². The van der Waals surface area contributed by atoms with Crippen LogP contribution >= 0.6 is 0 Å². The standard InChI is InChI=1S/C24H32N2O2/c1-18(2)20-10-12-22(13-11-20)28-17-24(27)25-16-23(26-14-4-5-15-26)21-8-6-19(3)7-9-21/h6-13,18,23H,4-5,14-17H2,1-3H3,(H,25,27). The fourth-order valence-corrected chi connectivity index (χ4v) is 3.66. The highest BCUT2D eigenvalue weighted by atomic mass is 16.5. The van der Waals surface area contributed by atoms with Gasteiger partial charge in [-0.3, -0.25) is 9.69 Å². The molecule has 1 atom stereocenters. The molecule has 0 spiro atoms. The topological polar surface area (TPSA) is 41.6 Å². The molecule has 0 bridgehead atoms. The lowest BCUT2D eigenvalue weighted by Crippen LogP contribution is -2.38. The molecule has 1 fully saturated rings. The Bertz CT molecular complexity index is 747. The quantitative estimate of drug-likeness (QED) is 0.736. The van der Waals surface area contributed by atoms with E-state index in [-0.39, 0.29) is 18.6 Å². The van der Waals surface area contributed by atoms with E-state index in [4.69, 9.17) is 4.74 Å². The predicted molar refractivity (Wildman–Crippen MR) is 114 cm³/mol. The molecule has 4 nitrogen and oxygen atoms in total. The molecule has 1 heterocycles. The first-order valence-electron chi connectivity index (χ1n) is 10.3. The average Bonchev–Trinajstić information content (AvgIpc) is 3.22. The molecule has 0 saturated carbocycles. The first kappa shape index (κ1) is 20.4. The molecular formula is C24H32N2O2. The van der Waals surface area contributed by atoms with E-state index in [0.717, 1.165) is 18.8 Å². The van der Waals surface area contributed by atoms with Crippen LogP contribution in [-0.4, -0.2) is 37.0 Å². The van der Waals surface area contributed by atoms with Gasteiger partial charge in [0.2, 0.25) is 0 Å². The van der Waals surface area contributed by atoms with Crippen LogP contribution in [0.4, 0.5) is 0 Å². The molecule has 1 unspecified atom stereocenters. The zero-order valence-electron chi connectivity index (χ0n) is 17.3. The van der Waals surface area contributed by atoms with Crippen molar-refractivity contribution in [3.63, 3.8) is 0 Å². The van der Waals surface area contributed by atoms with E-state index in [1.54, 1.807) is 0 Å². The first-order valence-corrected chi connectivity index (χ1v) is 10.3. The zero-order valence-corrected chi connectivity index (χ0v) is 17.3. The Balaban J connectivity index is 1.53. The lowest BCUT2D eigenvalue weighted by molar-refractivity contribution is -0.123. The molecule has 3 rings (SSSR count). The molecule has 1 N–H and O–H groups in total. The Labute approximate surface area is 168 Å². The lowest BCUT2D eigenvalue weighted by Gasteiger charge is -2.28. The van der Waals surface area contributed by atoms with Crippen LogP contribution in [0.2, 0.25) is 0 Å². The summed E-state index contributed by atoms with van der Waals surface area (Å²) in [6.45, 7) is 9.25. The van der Waals surface area contributed by atoms with E-state index < -0.39 is 0 Å². The number of rotatable bonds is 8. The Morgan fingerprint density at radius 1 is 1.00 bits per heavy atom. The fraction of sp³-hybridized carbons (Fsp3) is 0.458. The van der Waals surface area contributed by atoms with Crippen LogP contribution in [0.1, 0.15) is 55.3 Å². The van der Waals surface area contributed by atoms with Gasteiger partial charge in [-0.2, -0.15) is 0 Å². The molecule has 0 aliphatic carbocycles. The van der Waals surface area contributed by atoms with Gasteiger partial charge in [-0.1, -0.05) is 55.8 Å². The number of benzene rings is 2. The van der Waals surface area contributed by atoms with Crippen LogP contribution in [-0.2, 0) is 4.79 Å². The third-order valence-electron chi connectivity index (χ3n) is 5.45. The van der Waals surface area contributed by atoms with Crippen molar-refractivity contribution in [2.45, 2.75) is 45.6 Å². The third-order valence-corrected chi connectivity index (χ3v) is 5.45. The number of likely N-dealkylation sites (tertiary alicyclic amines) is 1. The van der Waals surface area contributed by atoms with E-state index in [1.165, 1.54) is 29.5 Å². The van der Waals surface area contributed by atoms with Crippen molar-refractivity contribution < 1.29 is 9.53 Å². The molecule has 1 aliphatic rings. The second-order valence-corrected chi connectivity index (χ2v) is 7.99. The second kappa shape index (κ2) is 9.74. The summed E-state index contributed by atoms with van der Waals surface area (Å²) in [4.78, 5) is 14.8. The SMILES string of the molecule is Cc1ccc(C(CNC(=O)COc2ccc(C(C)C)cc2)N2CCCC2)cc1. The van der Waals surface area contributed by atoms with Gasteiger partial charge in [0.15, 0.2) is 6.61 Å². The zero-order chi connectivity index (χ0) is 19.9. The van der Waals surface area contributed by atoms with Crippen molar-refractivity contribution in [1.82, 2.24) is 10.2 Å². The van der Waals surface area contributed by atoms with Gasteiger partial charge in [-0.05, 0) is 62.0 Å². The van der Waals surface area contributed by atoms with E-state index in [1.807, 2.05) is 12.1 Å². The minimum atomic E-state index is -0.0794. The Morgan fingerprint density at radius 2 is 1.61 bits per heavy atom. The van der Waals surface area contributed by atoms with Gasteiger partial charge < -0.3 is 10.1 Å². The summed E-state index contributed by atoms with van der Waals surface area (Å²) in [5.41, 5.74) is 3.78. The van der Waals surface area contributed by atoms with Crippen molar-refractivity contribution in [2.75, 3.05) is 26.2 Å². The van der Waals surface area contributed by atoms with Crippen LogP contribution < -0.4 is 10.1 Å². The fourth-order valence-electron chi connectivity index (χ4n) is 3.66.